The first kappa shape index (κ1) is 17.8. The number of nitrogens with zero attached hydrogens (tertiary/aromatic N) is 2. The molecule has 1 fully saturated rings. The van der Waals surface area contributed by atoms with Gasteiger partial charge in [0.2, 0.25) is 10.0 Å². The Balaban J connectivity index is 2.36. The van der Waals surface area contributed by atoms with Gasteiger partial charge in [-0.05, 0) is 32.0 Å². The van der Waals surface area contributed by atoms with Crippen molar-refractivity contribution in [2.24, 2.45) is 0 Å². The molecule has 6 nitrogen and oxygen atoms in total. The summed E-state index contributed by atoms with van der Waals surface area (Å²) in [5.74, 6) is -0.744. The zero-order valence-corrected chi connectivity index (χ0v) is 14.1. The average molecular weight is 342 g/mol. The number of rotatable bonds is 4. The quantitative estimate of drug-likeness (QED) is 0.829. The summed E-state index contributed by atoms with van der Waals surface area (Å²) in [5.41, 5.74) is -0.973. The lowest BCUT2D eigenvalue weighted by molar-refractivity contribution is -0.135. The molecule has 0 bridgehead atoms. The zero-order valence-electron chi connectivity index (χ0n) is 13.2. The molecule has 0 saturated carbocycles. The molecule has 0 unspecified atom stereocenters. The summed E-state index contributed by atoms with van der Waals surface area (Å²) >= 11 is 0. The largest absolute Gasteiger partial charge is 0.382 e. The summed E-state index contributed by atoms with van der Waals surface area (Å²) in [5, 5.41) is 8.88. The fourth-order valence-electron chi connectivity index (χ4n) is 2.60. The summed E-state index contributed by atoms with van der Waals surface area (Å²) in [6.45, 7) is 4.15. The molecule has 1 aliphatic rings. The van der Waals surface area contributed by atoms with Crippen molar-refractivity contribution in [2.45, 2.75) is 30.4 Å². The van der Waals surface area contributed by atoms with Gasteiger partial charge in [0, 0.05) is 20.2 Å². The van der Waals surface area contributed by atoms with Crippen LogP contribution in [-0.4, -0.2) is 51.2 Å². The van der Waals surface area contributed by atoms with Crippen LogP contribution in [0, 0.1) is 17.1 Å². The highest BCUT2D eigenvalue weighted by atomic mass is 32.2. The van der Waals surface area contributed by atoms with Crippen LogP contribution in [0.2, 0.25) is 0 Å². The highest BCUT2D eigenvalue weighted by Crippen LogP contribution is 2.27. The third-order valence-electron chi connectivity index (χ3n) is 3.50. The Morgan fingerprint density at radius 3 is 2.83 bits per heavy atom. The number of nitriles is 1. The molecule has 0 aromatic heterocycles. The molecule has 1 aromatic carbocycles. The predicted octanol–water partition coefficient (Wildman–Crippen LogP) is 1.51. The van der Waals surface area contributed by atoms with Crippen LogP contribution >= 0.6 is 0 Å². The molecular weight excluding hydrogens is 323 g/mol. The number of benzene rings is 1. The van der Waals surface area contributed by atoms with E-state index in [1.54, 1.807) is 19.9 Å². The van der Waals surface area contributed by atoms with Crippen LogP contribution in [0.25, 0.3) is 0 Å². The Kier molecular flexibility index (Phi) is 5.06. The lowest BCUT2D eigenvalue weighted by Gasteiger charge is -2.41. The van der Waals surface area contributed by atoms with Crippen LogP contribution in [0.3, 0.4) is 0 Å². The molecule has 8 heteroatoms. The number of methoxy groups -OCH3 is 1. The predicted molar refractivity (Wildman–Crippen MR) is 80.7 cm³/mol. The Labute approximate surface area is 135 Å². The van der Waals surface area contributed by atoms with E-state index in [-0.39, 0.29) is 30.2 Å². The van der Waals surface area contributed by atoms with Gasteiger partial charge in [-0.2, -0.15) is 9.57 Å². The van der Waals surface area contributed by atoms with E-state index in [1.807, 2.05) is 0 Å². The van der Waals surface area contributed by atoms with Crippen molar-refractivity contribution in [1.29, 1.82) is 5.26 Å². The SMILES string of the molecule is COC[C@@H]1CN(S(=O)(=O)c2ccc(F)c(C#N)c2)CC(C)(C)O1. The number of halogens is 1. The van der Waals surface area contributed by atoms with E-state index in [1.165, 1.54) is 17.5 Å². The van der Waals surface area contributed by atoms with Gasteiger partial charge in [-0.15, -0.1) is 0 Å². The number of sulfonamides is 1. The summed E-state index contributed by atoms with van der Waals surface area (Å²) in [6, 6.07) is 4.86. The van der Waals surface area contributed by atoms with Crippen molar-refractivity contribution >= 4 is 10.0 Å². The van der Waals surface area contributed by atoms with Gasteiger partial charge >= 0.3 is 0 Å². The fraction of sp³-hybridized carbons (Fsp3) is 0.533. The number of hydrogen-bond donors (Lipinski definition) is 0. The second kappa shape index (κ2) is 6.53. The van der Waals surface area contributed by atoms with Gasteiger partial charge in [0.1, 0.15) is 11.9 Å². The molecule has 1 aliphatic heterocycles. The average Bonchev–Trinajstić information content (AvgIpc) is 2.46. The highest BCUT2D eigenvalue weighted by Gasteiger charge is 2.39. The van der Waals surface area contributed by atoms with Crippen LogP contribution < -0.4 is 0 Å². The van der Waals surface area contributed by atoms with Crippen LogP contribution in [-0.2, 0) is 19.5 Å². The van der Waals surface area contributed by atoms with Gasteiger partial charge < -0.3 is 9.47 Å². The number of morpholine rings is 1. The Hall–Kier alpha value is -1.53. The Bertz CT molecular complexity index is 727. The van der Waals surface area contributed by atoms with Crippen LogP contribution in [0.4, 0.5) is 4.39 Å². The second-order valence-electron chi connectivity index (χ2n) is 6.01. The summed E-state index contributed by atoms with van der Waals surface area (Å²) in [4.78, 5) is -0.107. The first-order valence-electron chi connectivity index (χ1n) is 7.06. The molecule has 0 N–H and O–H groups in total. The minimum Gasteiger partial charge on any atom is -0.382 e. The summed E-state index contributed by atoms with van der Waals surface area (Å²) < 4.78 is 51.2. The van der Waals surface area contributed by atoms with Crippen LogP contribution in [0.5, 0.6) is 0 Å². The molecule has 0 spiro atoms. The zero-order chi connectivity index (χ0) is 17.3. The Morgan fingerprint density at radius 1 is 1.52 bits per heavy atom. The van der Waals surface area contributed by atoms with Crippen molar-refractivity contribution in [2.75, 3.05) is 26.8 Å². The fourth-order valence-corrected chi connectivity index (χ4v) is 4.25. The lowest BCUT2D eigenvalue weighted by atomic mass is 10.1. The smallest absolute Gasteiger partial charge is 0.243 e. The molecule has 1 heterocycles. The van der Waals surface area contributed by atoms with Crippen molar-refractivity contribution in [3.05, 3.63) is 29.6 Å². The second-order valence-corrected chi connectivity index (χ2v) is 7.94. The first-order chi connectivity index (χ1) is 10.7. The van der Waals surface area contributed by atoms with Crippen molar-refractivity contribution < 1.29 is 22.3 Å². The molecular formula is C15H19FN2O4S. The molecule has 0 radical (unpaired) electrons. The molecule has 23 heavy (non-hydrogen) atoms. The normalized spacial score (nSPS) is 21.8. The lowest BCUT2D eigenvalue weighted by Crippen LogP contribution is -2.55. The molecule has 0 amide bonds. The van der Waals surface area contributed by atoms with E-state index in [9.17, 15) is 12.8 Å². The van der Waals surface area contributed by atoms with E-state index in [2.05, 4.69) is 0 Å². The maximum absolute atomic E-state index is 13.4. The minimum absolute atomic E-state index is 0.107. The van der Waals surface area contributed by atoms with Gasteiger partial charge in [0.25, 0.3) is 0 Å². The van der Waals surface area contributed by atoms with Gasteiger partial charge in [-0.3, -0.25) is 0 Å². The summed E-state index contributed by atoms with van der Waals surface area (Å²) in [6.07, 6.45) is -0.394. The van der Waals surface area contributed by atoms with Gasteiger partial charge in [0.15, 0.2) is 0 Å². The van der Waals surface area contributed by atoms with Gasteiger partial charge in [0.05, 0.1) is 28.8 Å². The maximum atomic E-state index is 13.4. The van der Waals surface area contributed by atoms with E-state index in [0.717, 1.165) is 12.1 Å². The molecule has 126 valence electrons. The molecule has 0 aliphatic carbocycles. The highest BCUT2D eigenvalue weighted by molar-refractivity contribution is 7.89. The Morgan fingerprint density at radius 2 is 2.22 bits per heavy atom. The van der Waals surface area contributed by atoms with E-state index in [0.29, 0.717) is 0 Å². The molecule has 1 atom stereocenters. The molecule has 1 saturated heterocycles. The molecule has 1 aromatic rings. The minimum atomic E-state index is -3.85. The standard InChI is InChI=1S/C15H19FN2O4S/c1-15(2)10-18(8-12(22-15)9-21-3)23(19,20)13-4-5-14(16)11(6-13)7-17/h4-6,12H,8-10H2,1-3H3/t12-/m0/s1. The number of hydrogen-bond acceptors (Lipinski definition) is 5. The van der Waals surface area contributed by atoms with Crippen molar-refractivity contribution in [3.8, 4) is 6.07 Å². The van der Waals surface area contributed by atoms with Gasteiger partial charge in [-0.25, -0.2) is 12.8 Å². The number of ether oxygens (including phenoxy) is 2. The van der Waals surface area contributed by atoms with E-state index in [4.69, 9.17) is 14.7 Å². The van der Waals surface area contributed by atoms with Gasteiger partial charge in [-0.1, -0.05) is 0 Å². The van der Waals surface area contributed by atoms with Crippen molar-refractivity contribution in [1.82, 2.24) is 4.31 Å². The first-order valence-corrected chi connectivity index (χ1v) is 8.50. The molecule has 2 rings (SSSR count). The van der Waals surface area contributed by atoms with Crippen LogP contribution in [0.15, 0.2) is 23.1 Å². The third-order valence-corrected chi connectivity index (χ3v) is 5.31. The topological polar surface area (TPSA) is 79.6 Å². The monoisotopic (exact) mass is 342 g/mol. The van der Waals surface area contributed by atoms with E-state index < -0.39 is 27.5 Å². The third kappa shape index (κ3) is 3.87. The maximum Gasteiger partial charge on any atom is 0.243 e. The van der Waals surface area contributed by atoms with Crippen molar-refractivity contribution in [3.63, 3.8) is 0 Å². The summed E-state index contributed by atoms with van der Waals surface area (Å²) in [7, 11) is -2.34. The van der Waals surface area contributed by atoms with E-state index >= 15 is 0 Å². The van der Waals surface area contributed by atoms with Crippen LogP contribution in [0.1, 0.15) is 19.4 Å².